The Morgan fingerprint density at radius 3 is 2.31 bits per heavy atom. The number of hydrogen-bond donors (Lipinski definition) is 1. The van der Waals surface area contributed by atoms with Crippen LogP contribution in [0.2, 0.25) is 5.02 Å². The van der Waals surface area contributed by atoms with Gasteiger partial charge in [0.15, 0.2) is 0 Å². The Morgan fingerprint density at radius 1 is 1.00 bits per heavy atom. The molecule has 1 N–H and O–H groups in total. The van der Waals surface area contributed by atoms with Crippen molar-refractivity contribution in [1.82, 2.24) is 9.88 Å². The summed E-state index contributed by atoms with van der Waals surface area (Å²) in [4.78, 5) is 29.7. The Labute approximate surface area is 190 Å². The molecule has 0 saturated heterocycles. The molecular formula is C26H21ClN2O3. The van der Waals surface area contributed by atoms with E-state index in [4.69, 9.17) is 16.3 Å². The summed E-state index contributed by atoms with van der Waals surface area (Å²) in [5.74, 6) is 0.157. The highest BCUT2D eigenvalue weighted by atomic mass is 35.5. The topological polar surface area (TPSA) is 62.4 Å². The first-order valence-electron chi connectivity index (χ1n) is 10.5. The normalized spacial score (nSPS) is 12.4. The third kappa shape index (κ3) is 3.45. The zero-order valence-electron chi connectivity index (χ0n) is 17.5. The van der Waals surface area contributed by atoms with Crippen LogP contribution in [0.4, 0.5) is 4.79 Å². The number of H-pyrrole nitrogens is 1. The number of aromatic nitrogens is 1. The van der Waals surface area contributed by atoms with Crippen LogP contribution in [0.25, 0.3) is 21.9 Å². The van der Waals surface area contributed by atoms with E-state index in [-0.39, 0.29) is 11.8 Å². The van der Waals surface area contributed by atoms with E-state index in [2.05, 4.69) is 29.2 Å². The lowest BCUT2D eigenvalue weighted by molar-refractivity contribution is 0.151. The van der Waals surface area contributed by atoms with E-state index >= 15 is 0 Å². The Balaban J connectivity index is 1.42. The van der Waals surface area contributed by atoms with Crippen molar-refractivity contribution in [2.24, 2.45) is 0 Å². The smallest absolute Gasteiger partial charge is 0.393 e. The second-order valence-electron chi connectivity index (χ2n) is 7.80. The summed E-state index contributed by atoms with van der Waals surface area (Å²) in [5.41, 5.74) is 4.42. The molecule has 5 rings (SSSR count). The standard InChI is InChI=1S/C26H21ClN2O3/c1-2-29(15-21-19-11-5-3-9-17(19)18-10-4-6-12-20(18)21)26(31)32-23-14-16-8-7-13-22(27)24(16)25(30)28-23/h3-14,21H,2,15H2,1H3,(H,28,30). The largest absolute Gasteiger partial charge is 0.416 e. The molecule has 32 heavy (non-hydrogen) atoms. The molecule has 0 bridgehead atoms. The van der Waals surface area contributed by atoms with E-state index in [1.165, 1.54) is 22.3 Å². The van der Waals surface area contributed by atoms with Crippen LogP contribution in [0, 0.1) is 0 Å². The summed E-state index contributed by atoms with van der Waals surface area (Å²) in [7, 11) is 0. The van der Waals surface area contributed by atoms with Crippen LogP contribution in [0.3, 0.4) is 0 Å². The van der Waals surface area contributed by atoms with Gasteiger partial charge >= 0.3 is 6.09 Å². The van der Waals surface area contributed by atoms with Gasteiger partial charge in [0.05, 0.1) is 10.4 Å². The molecule has 5 nitrogen and oxygen atoms in total. The lowest BCUT2D eigenvalue weighted by atomic mass is 9.96. The zero-order valence-corrected chi connectivity index (χ0v) is 18.2. The van der Waals surface area contributed by atoms with Gasteiger partial charge in [-0.25, -0.2) is 4.79 Å². The summed E-state index contributed by atoms with van der Waals surface area (Å²) in [6.45, 7) is 2.87. The van der Waals surface area contributed by atoms with Crippen molar-refractivity contribution in [3.8, 4) is 17.0 Å². The molecule has 1 aliphatic carbocycles. The molecule has 0 saturated carbocycles. The highest BCUT2D eigenvalue weighted by molar-refractivity contribution is 6.35. The first kappa shape index (κ1) is 20.3. The summed E-state index contributed by atoms with van der Waals surface area (Å²) < 4.78 is 5.57. The third-order valence-electron chi connectivity index (χ3n) is 6.00. The average Bonchev–Trinajstić information content (AvgIpc) is 3.11. The van der Waals surface area contributed by atoms with Crippen molar-refractivity contribution in [2.45, 2.75) is 12.8 Å². The number of nitrogens with zero attached hydrogens (tertiary/aromatic N) is 1. The monoisotopic (exact) mass is 444 g/mol. The maximum atomic E-state index is 13.0. The van der Waals surface area contributed by atoms with Crippen molar-refractivity contribution in [2.75, 3.05) is 13.1 Å². The fourth-order valence-electron chi connectivity index (χ4n) is 4.48. The van der Waals surface area contributed by atoms with E-state index in [1.807, 2.05) is 31.2 Å². The van der Waals surface area contributed by atoms with Crippen molar-refractivity contribution < 1.29 is 9.53 Å². The lowest BCUT2D eigenvalue weighted by Gasteiger charge is -2.25. The molecule has 1 amide bonds. The second kappa shape index (κ2) is 8.17. The van der Waals surface area contributed by atoms with Gasteiger partial charge in [0.25, 0.3) is 5.56 Å². The van der Waals surface area contributed by atoms with Crippen LogP contribution in [0.1, 0.15) is 24.0 Å². The number of nitrogens with one attached hydrogen (secondary N) is 1. The number of ether oxygens (including phenoxy) is 1. The van der Waals surface area contributed by atoms with Crippen molar-refractivity contribution >= 4 is 28.5 Å². The van der Waals surface area contributed by atoms with Gasteiger partial charge in [-0.2, -0.15) is 0 Å². The van der Waals surface area contributed by atoms with Gasteiger partial charge in [-0.05, 0) is 40.6 Å². The number of aromatic amines is 1. The van der Waals surface area contributed by atoms with Crippen LogP contribution in [0.5, 0.6) is 5.88 Å². The Morgan fingerprint density at radius 2 is 1.66 bits per heavy atom. The van der Waals surface area contributed by atoms with Crippen molar-refractivity contribution in [3.05, 3.63) is 99.3 Å². The van der Waals surface area contributed by atoms with E-state index in [0.29, 0.717) is 28.9 Å². The van der Waals surface area contributed by atoms with Gasteiger partial charge in [0.2, 0.25) is 5.88 Å². The molecule has 6 heteroatoms. The van der Waals surface area contributed by atoms with E-state index in [9.17, 15) is 9.59 Å². The number of likely N-dealkylation sites (N-methyl/N-ethyl adjacent to an activating group) is 1. The summed E-state index contributed by atoms with van der Waals surface area (Å²) >= 11 is 6.13. The maximum absolute atomic E-state index is 13.0. The van der Waals surface area contributed by atoms with Gasteiger partial charge in [0, 0.05) is 25.1 Å². The van der Waals surface area contributed by atoms with Gasteiger partial charge in [-0.15, -0.1) is 0 Å². The van der Waals surface area contributed by atoms with E-state index in [1.54, 1.807) is 29.2 Å². The number of hydrogen-bond acceptors (Lipinski definition) is 3. The maximum Gasteiger partial charge on any atom is 0.416 e. The number of pyridine rings is 1. The number of halogens is 1. The van der Waals surface area contributed by atoms with Gasteiger partial charge < -0.3 is 9.64 Å². The molecule has 0 unspecified atom stereocenters. The molecule has 4 aromatic rings. The summed E-state index contributed by atoms with van der Waals surface area (Å²) in [6.07, 6.45) is -0.508. The van der Waals surface area contributed by atoms with Crippen molar-refractivity contribution in [1.29, 1.82) is 0 Å². The number of carbonyl (C=O) groups is 1. The molecule has 3 aromatic carbocycles. The second-order valence-corrected chi connectivity index (χ2v) is 8.21. The average molecular weight is 445 g/mol. The Bertz CT molecular complexity index is 1350. The number of amides is 1. The quantitative estimate of drug-likeness (QED) is 0.431. The molecule has 0 spiro atoms. The Kier molecular flexibility index (Phi) is 5.19. The lowest BCUT2D eigenvalue weighted by Crippen LogP contribution is -2.37. The third-order valence-corrected chi connectivity index (χ3v) is 6.31. The van der Waals surface area contributed by atoms with Gasteiger partial charge in [0.1, 0.15) is 0 Å². The van der Waals surface area contributed by atoms with Crippen LogP contribution < -0.4 is 10.3 Å². The van der Waals surface area contributed by atoms with E-state index < -0.39 is 11.7 Å². The fraction of sp³-hybridized carbons (Fsp3) is 0.154. The number of fused-ring (bicyclic) bond motifs is 4. The molecule has 160 valence electrons. The van der Waals surface area contributed by atoms with Crippen molar-refractivity contribution in [3.63, 3.8) is 0 Å². The molecular weight excluding hydrogens is 424 g/mol. The highest BCUT2D eigenvalue weighted by Gasteiger charge is 2.31. The molecule has 0 atom stereocenters. The number of carbonyl (C=O) groups excluding carboxylic acids is 1. The molecule has 1 aromatic heterocycles. The molecule has 1 aliphatic rings. The summed E-state index contributed by atoms with van der Waals surface area (Å²) in [6, 6.07) is 23.4. The minimum Gasteiger partial charge on any atom is -0.393 e. The molecule has 0 fully saturated rings. The SMILES string of the molecule is CCN(CC1c2ccccc2-c2ccccc21)C(=O)Oc1cc2cccc(Cl)c2c(=O)[nH]1. The predicted octanol–water partition coefficient (Wildman–Crippen LogP) is 5.81. The first-order chi connectivity index (χ1) is 15.6. The minimum absolute atomic E-state index is 0.0596. The van der Waals surface area contributed by atoms with Gasteiger partial charge in [-0.3, -0.25) is 9.78 Å². The van der Waals surface area contributed by atoms with E-state index in [0.717, 1.165) is 0 Å². The first-order valence-corrected chi connectivity index (χ1v) is 10.9. The predicted molar refractivity (Wildman–Crippen MR) is 127 cm³/mol. The molecule has 0 aliphatic heterocycles. The molecule has 0 radical (unpaired) electrons. The van der Waals surface area contributed by atoms with Crippen LogP contribution in [-0.2, 0) is 0 Å². The Hall–Kier alpha value is -3.57. The summed E-state index contributed by atoms with van der Waals surface area (Å²) in [5, 5.41) is 1.35. The fourth-order valence-corrected chi connectivity index (χ4v) is 4.74. The van der Waals surface area contributed by atoms with Gasteiger partial charge in [-0.1, -0.05) is 72.3 Å². The minimum atomic E-state index is -0.508. The number of benzene rings is 3. The molecule has 1 heterocycles. The number of rotatable bonds is 4. The van der Waals surface area contributed by atoms with Crippen LogP contribution in [0.15, 0.2) is 77.6 Å². The zero-order chi connectivity index (χ0) is 22.2. The van der Waals surface area contributed by atoms with Crippen LogP contribution in [-0.4, -0.2) is 29.1 Å². The van der Waals surface area contributed by atoms with Crippen LogP contribution >= 0.6 is 11.6 Å². The highest BCUT2D eigenvalue weighted by Crippen LogP contribution is 2.44.